The number of benzene rings is 2. The number of halogens is 2. The summed E-state index contributed by atoms with van der Waals surface area (Å²) in [6, 6.07) is 10.4. The normalized spacial score (nSPS) is 12.7. The highest BCUT2D eigenvalue weighted by molar-refractivity contribution is 6.42. The maximum atomic E-state index is 13.3. The lowest BCUT2D eigenvalue weighted by atomic mass is 10.1. The van der Waals surface area contributed by atoms with Crippen LogP contribution >= 0.6 is 23.2 Å². The molecule has 5 nitrogen and oxygen atoms in total. The molecule has 2 aromatic carbocycles. The highest BCUT2D eigenvalue weighted by Gasteiger charge is 2.29. The minimum absolute atomic E-state index is 0.0185. The van der Waals surface area contributed by atoms with Gasteiger partial charge in [-0.2, -0.15) is 0 Å². The molecular weight excluding hydrogens is 447 g/mol. The Balaban J connectivity index is 2.26. The lowest BCUT2D eigenvalue weighted by Gasteiger charge is -2.31. The van der Waals surface area contributed by atoms with E-state index in [1.807, 2.05) is 52.8 Å². The van der Waals surface area contributed by atoms with Gasteiger partial charge in [-0.3, -0.25) is 9.59 Å². The highest BCUT2D eigenvalue weighted by Crippen LogP contribution is 2.24. The number of hydrogen-bond acceptors (Lipinski definition) is 3. The molecular formula is C25H32Cl2N2O3. The van der Waals surface area contributed by atoms with E-state index in [4.69, 9.17) is 27.9 Å². The van der Waals surface area contributed by atoms with Crippen LogP contribution in [0, 0.1) is 13.8 Å². The number of carbonyl (C=O) groups is 2. The van der Waals surface area contributed by atoms with E-state index in [1.165, 1.54) is 0 Å². The SMILES string of the molecule is CC[C@@H](C)NC(=O)[C@@H](CC)N(Cc1ccc(Cl)c(Cl)c1)C(=O)COc1ccc(C)cc1C. The topological polar surface area (TPSA) is 58.6 Å². The average molecular weight is 479 g/mol. The molecule has 0 unspecified atom stereocenters. The Morgan fingerprint density at radius 3 is 2.34 bits per heavy atom. The molecule has 32 heavy (non-hydrogen) atoms. The zero-order valence-corrected chi connectivity index (χ0v) is 20.9. The van der Waals surface area contributed by atoms with Crippen LogP contribution in [-0.4, -0.2) is 35.4 Å². The molecule has 0 saturated carbocycles. The summed E-state index contributed by atoms with van der Waals surface area (Å²) in [7, 11) is 0. The second-order valence-electron chi connectivity index (χ2n) is 8.07. The van der Waals surface area contributed by atoms with Gasteiger partial charge in [-0.25, -0.2) is 0 Å². The number of rotatable bonds is 10. The Kier molecular flexibility index (Phi) is 9.85. The van der Waals surface area contributed by atoms with Crippen molar-refractivity contribution in [3.05, 3.63) is 63.1 Å². The number of nitrogens with zero attached hydrogens (tertiary/aromatic N) is 1. The van der Waals surface area contributed by atoms with Gasteiger partial charge in [-0.05, 0) is 62.9 Å². The summed E-state index contributed by atoms with van der Waals surface area (Å²) in [5, 5.41) is 3.83. The predicted molar refractivity (Wildman–Crippen MR) is 130 cm³/mol. The maximum Gasteiger partial charge on any atom is 0.261 e. The fraction of sp³-hybridized carbons (Fsp3) is 0.440. The van der Waals surface area contributed by atoms with Gasteiger partial charge < -0.3 is 15.0 Å². The van der Waals surface area contributed by atoms with E-state index in [2.05, 4.69) is 5.32 Å². The molecule has 0 aliphatic heterocycles. The van der Waals surface area contributed by atoms with Gasteiger partial charge in [-0.15, -0.1) is 0 Å². The molecule has 0 fully saturated rings. The average Bonchev–Trinajstić information content (AvgIpc) is 2.75. The summed E-state index contributed by atoms with van der Waals surface area (Å²) in [6.45, 7) is 9.83. The van der Waals surface area contributed by atoms with E-state index in [0.29, 0.717) is 22.2 Å². The minimum Gasteiger partial charge on any atom is -0.483 e. The zero-order chi connectivity index (χ0) is 23.8. The lowest BCUT2D eigenvalue weighted by Crippen LogP contribution is -2.51. The van der Waals surface area contributed by atoms with Crippen LogP contribution in [0.5, 0.6) is 5.75 Å². The van der Waals surface area contributed by atoms with Crippen molar-refractivity contribution in [2.75, 3.05) is 6.61 Å². The Hall–Kier alpha value is -2.24. The van der Waals surface area contributed by atoms with Crippen LogP contribution in [-0.2, 0) is 16.1 Å². The van der Waals surface area contributed by atoms with E-state index in [1.54, 1.807) is 23.1 Å². The van der Waals surface area contributed by atoms with Crippen LogP contribution < -0.4 is 10.1 Å². The first-order valence-corrected chi connectivity index (χ1v) is 11.7. The van der Waals surface area contributed by atoms with Crippen LogP contribution in [0.4, 0.5) is 0 Å². The van der Waals surface area contributed by atoms with Crippen LogP contribution in [0.1, 0.15) is 50.3 Å². The molecule has 0 aliphatic rings. The minimum atomic E-state index is -0.631. The van der Waals surface area contributed by atoms with Gasteiger partial charge in [0.05, 0.1) is 10.0 Å². The van der Waals surface area contributed by atoms with Crippen LogP contribution in [0.25, 0.3) is 0 Å². The number of hydrogen-bond donors (Lipinski definition) is 1. The van der Waals surface area contributed by atoms with Crippen molar-refractivity contribution in [3.63, 3.8) is 0 Å². The Labute approximate surface area is 201 Å². The zero-order valence-electron chi connectivity index (χ0n) is 19.4. The van der Waals surface area contributed by atoms with Crippen LogP contribution in [0.3, 0.4) is 0 Å². The third-order valence-corrected chi connectivity index (χ3v) is 6.14. The maximum absolute atomic E-state index is 13.3. The van der Waals surface area contributed by atoms with Gasteiger partial charge in [0.2, 0.25) is 5.91 Å². The molecule has 0 aromatic heterocycles. The summed E-state index contributed by atoms with van der Waals surface area (Å²) < 4.78 is 5.82. The third kappa shape index (κ3) is 7.14. The third-order valence-electron chi connectivity index (χ3n) is 5.41. The first-order valence-electron chi connectivity index (χ1n) is 10.9. The molecule has 2 atom stereocenters. The summed E-state index contributed by atoms with van der Waals surface area (Å²) in [6.07, 6.45) is 1.28. The Morgan fingerprint density at radius 1 is 1.03 bits per heavy atom. The van der Waals surface area contributed by atoms with E-state index in [9.17, 15) is 9.59 Å². The fourth-order valence-corrected chi connectivity index (χ4v) is 3.70. The first-order chi connectivity index (χ1) is 15.2. The molecule has 2 amide bonds. The largest absolute Gasteiger partial charge is 0.483 e. The van der Waals surface area contributed by atoms with Crippen LogP contribution in [0.2, 0.25) is 10.0 Å². The van der Waals surface area contributed by atoms with Crippen molar-refractivity contribution in [2.45, 2.75) is 66.1 Å². The number of aryl methyl sites for hydroxylation is 2. The van der Waals surface area contributed by atoms with Gasteiger partial charge in [0, 0.05) is 12.6 Å². The van der Waals surface area contributed by atoms with Crippen LogP contribution in [0.15, 0.2) is 36.4 Å². The molecule has 0 saturated heterocycles. The van der Waals surface area contributed by atoms with Gasteiger partial charge in [0.15, 0.2) is 6.61 Å². The molecule has 7 heteroatoms. The van der Waals surface area contributed by atoms with Gasteiger partial charge in [0.25, 0.3) is 5.91 Å². The molecule has 1 N–H and O–H groups in total. The van der Waals surface area contributed by atoms with E-state index < -0.39 is 6.04 Å². The summed E-state index contributed by atoms with van der Waals surface area (Å²) in [4.78, 5) is 27.8. The van der Waals surface area contributed by atoms with Gasteiger partial charge in [0.1, 0.15) is 11.8 Å². The quantitative estimate of drug-likeness (QED) is 0.475. The van der Waals surface area contributed by atoms with Crippen molar-refractivity contribution in [3.8, 4) is 5.75 Å². The van der Waals surface area contributed by atoms with Crippen molar-refractivity contribution >= 4 is 35.0 Å². The Bertz CT molecular complexity index is 949. The molecule has 0 heterocycles. The summed E-state index contributed by atoms with van der Waals surface area (Å²) >= 11 is 12.2. The second kappa shape index (κ2) is 12.1. The summed E-state index contributed by atoms with van der Waals surface area (Å²) in [5.41, 5.74) is 2.86. The smallest absolute Gasteiger partial charge is 0.261 e. The summed E-state index contributed by atoms with van der Waals surface area (Å²) in [5.74, 6) is 0.194. The molecule has 0 radical (unpaired) electrons. The number of nitrogens with one attached hydrogen (secondary N) is 1. The van der Waals surface area contributed by atoms with Gasteiger partial charge in [-0.1, -0.05) is 60.8 Å². The standard InChI is InChI=1S/C25H32Cl2N2O3/c1-6-18(5)28-25(31)22(7-2)29(14-19-9-10-20(26)21(27)13-19)24(30)15-32-23-11-8-16(3)12-17(23)4/h8-13,18,22H,6-7,14-15H2,1-5H3,(H,28,31)/t18-,22-/m1/s1. The fourth-order valence-electron chi connectivity index (χ4n) is 3.38. The van der Waals surface area contributed by atoms with Crippen molar-refractivity contribution in [1.29, 1.82) is 0 Å². The lowest BCUT2D eigenvalue weighted by molar-refractivity contribution is -0.143. The molecule has 2 rings (SSSR count). The first kappa shape index (κ1) is 26.0. The van der Waals surface area contributed by atoms with E-state index in [-0.39, 0.29) is 31.0 Å². The number of ether oxygens (including phenoxy) is 1. The molecule has 2 aromatic rings. The van der Waals surface area contributed by atoms with Crippen molar-refractivity contribution in [2.24, 2.45) is 0 Å². The van der Waals surface area contributed by atoms with Crippen molar-refractivity contribution < 1.29 is 14.3 Å². The molecule has 0 bridgehead atoms. The van der Waals surface area contributed by atoms with Gasteiger partial charge >= 0.3 is 0 Å². The molecule has 0 aliphatic carbocycles. The van der Waals surface area contributed by atoms with Crippen molar-refractivity contribution in [1.82, 2.24) is 10.2 Å². The molecule has 174 valence electrons. The predicted octanol–water partition coefficient (Wildman–Crippen LogP) is 5.71. The number of amides is 2. The van der Waals surface area contributed by atoms with E-state index >= 15 is 0 Å². The highest BCUT2D eigenvalue weighted by atomic mass is 35.5. The molecule has 0 spiro atoms. The van der Waals surface area contributed by atoms with E-state index in [0.717, 1.165) is 23.1 Å². The second-order valence-corrected chi connectivity index (χ2v) is 8.88. The monoisotopic (exact) mass is 478 g/mol. The Morgan fingerprint density at radius 2 is 1.75 bits per heavy atom. The number of carbonyl (C=O) groups excluding carboxylic acids is 2.